The van der Waals surface area contributed by atoms with Crippen LogP contribution in [0.25, 0.3) is 0 Å². The molecule has 1 fully saturated rings. The van der Waals surface area contributed by atoms with E-state index >= 15 is 0 Å². The van der Waals surface area contributed by atoms with Crippen molar-refractivity contribution in [1.29, 1.82) is 0 Å². The zero-order valence-electron chi connectivity index (χ0n) is 10.3. The van der Waals surface area contributed by atoms with Crippen LogP contribution in [-0.2, 0) is 6.42 Å². The summed E-state index contributed by atoms with van der Waals surface area (Å²) >= 11 is 0. The van der Waals surface area contributed by atoms with Crippen LogP contribution in [0.2, 0.25) is 0 Å². The van der Waals surface area contributed by atoms with E-state index in [2.05, 4.69) is 24.3 Å². The maximum atomic E-state index is 13.6. The van der Waals surface area contributed by atoms with Crippen molar-refractivity contribution in [2.45, 2.75) is 31.8 Å². The van der Waals surface area contributed by atoms with Gasteiger partial charge in [-0.15, -0.1) is 0 Å². The summed E-state index contributed by atoms with van der Waals surface area (Å²) in [4.78, 5) is 0. The van der Waals surface area contributed by atoms with E-state index in [1.807, 2.05) is 12.1 Å². The van der Waals surface area contributed by atoms with Gasteiger partial charge in [0.25, 0.3) is 0 Å². The molecule has 2 heteroatoms. The molecule has 1 aromatic carbocycles. The molecule has 18 heavy (non-hydrogen) atoms. The summed E-state index contributed by atoms with van der Waals surface area (Å²) in [5, 5.41) is 0. The maximum Gasteiger partial charge on any atom is 0.165 e. The molecule has 1 saturated carbocycles. The highest BCUT2D eigenvalue weighted by Gasteiger charge is 2.24. The third-order valence-corrected chi connectivity index (χ3v) is 3.38. The third-order valence-electron chi connectivity index (χ3n) is 3.38. The van der Waals surface area contributed by atoms with Gasteiger partial charge in [0.05, 0.1) is 6.10 Å². The van der Waals surface area contributed by atoms with Crippen LogP contribution in [0.1, 0.15) is 24.8 Å². The zero-order valence-corrected chi connectivity index (χ0v) is 10.3. The Bertz CT molecular complexity index is 486. The fraction of sp³-hybridized carbons (Fsp3) is 0.375. The number of halogens is 1. The number of hydrogen-bond acceptors (Lipinski definition) is 1. The number of hydrogen-bond donors (Lipinski definition) is 0. The lowest BCUT2D eigenvalue weighted by Gasteiger charge is -2.14. The molecule has 0 N–H and O–H groups in total. The molecule has 0 spiro atoms. The summed E-state index contributed by atoms with van der Waals surface area (Å²) in [6.07, 6.45) is 12.9. The molecule has 3 rings (SSSR count). The van der Waals surface area contributed by atoms with Gasteiger partial charge in [0.1, 0.15) is 0 Å². The van der Waals surface area contributed by atoms with Gasteiger partial charge in [0.2, 0.25) is 0 Å². The third kappa shape index (κ3) is 2.81. The largest absolute Gasteiger partial charge is 0.487 e. The van der Waals surface area contributed by atoms with Crippen molar-refractivity contribution in [3.8, 4) is 5.75 Å². The van der Waals surface area contributed by atoms with Gasteiger partial charge < -0.3 is 4.74 Å². The van der Waals surface area contributed by atoms with E-state index in [1.165, 1.54) is 6.07 Å². The highest BCUT2D eigenvalue weighted by molar-refractivity contribution is 5.32. The second kappa shape index (κ2) is 4.97. The lowest BCUT2D eigenvalue weighted by atomic mass is 9.93. The molecule has 0 aromatic heterocycles. The Kier molecular flexibility index (Phi) is 3.18. The van der Waals surface area contributed by atoms with Gasteiger partial charge in [-0.1, -0.05) is 30.4 Å². The first-order valence-electron chi connectivity index (χ1n) is 6.59. The van der Waals surface area contributed by atoms with Crippen LogP contribution >= 0.6 is 0 Å². The Morgan fingerprint density at radius 2 is 2.11 bits per heavy atom. The minimum Gasteiger partial charge on any atom is -0.487 e. The molecule has 2 aliphatic rings. The van der Waals surface area contributed by atoms with Gasteiger partial charge in [-0.2, -0.15) is 0 Å². The number of allylic oxidation sites excluding steroid dienone is 4. The molecular formula is C16H17FO. The van der Waals surface area contributed by atoms with Crippen molar-refractivity contribution in [2.24, 2.45) is 5.92 Å². The first-order chi connectivity index (χ1) is 8.81. The van der Waals surface area contributed by atoms with Crippen molar-refractivity contribution in [3.05, 3.63) is 53.9 Å². The van der Waals surface area contributed by atoms with E-state index in [-0.39, 0.29) is 11.9 Å². The Morgan fingerprint density at radius 3 is 2.83 bits per heavy atom. The average molecular weight is 244 g/mol. The Balaban J connectivity index is 1.71. The summed E-state index contributed by atoms with van der Waals surface area (Å²) < 4.78 is 19.2. The SMILES string of the molecule is Fc1ccc(C[C@H]2C=CC=CC2)cc1OC1CC1. The molecule has 1 atom stereocenters. The Morgan fingerprint density at radius 1 is 1.22 bits per heavy atom. The zero-order chi connectivity index (χ0) is 12.4. The molecule has 0 unspecified atom stereocenters. The van der Waals surface area contributed by atoms with E-state index in [9.17, 15) is 4.39 Å². The standard InChI is InChI=1S/C16H17FO/c17-15-9-6-13(10-12-4-2-1-3-5-12)11-16(15)18-14-7-8-14/h1-4,6,9,11-12,14H,5,7-8,10H2/t12-/m0/s1. The highest BCUT2D eigenvalue weighted by atomic mass is 19.1. The van der Waals surface area contributed by atoms with Crippen molar-refractivity contribution in [2.75, 3.05) is 0 Å². The number of benzene rings is 1. The Labute approximate surface area is 107 Å². The highest BCUT2D eigenvalue weighted by Crippen LogP contribution is 2.30. The number of ether oxygens (including phenoxy) is 1. The molecule has 0 saturated heterocycles. The number of rotatable bonds is 4. The predicted octanol–water partition coefficient (Wildman–Crippen LogP) is 4.04. The molecule has 94 valence electrons. The van der Waals surface area contributed by atoms with E-state index in [0.29, 0.717) is 11.7 Å². The topological polar surface area (TPSA) is 9.23 Å². The van der Waals surface area contributed by atoms with E-state index < -0.39 is 0 Å². The molecule has 0 bridgehead atoms. The van der Waals surface area contributed by atoms with Gasteiger partial charge >= 0.3 is 0 Å². The second-order valence-corrected chi connectivity index (χ2v) is 5.09. The fourth-order valence-corrected chi connectivity index (χ4v) is 2.22. The average Bonchev–Trinajstić information content (AvgIpc) is 3.19. The van der Waals surface area contributed by atoms with Gasteiger partial charge in [-0.25, -0.2) is 4.39 Å². The molecular weight excluding hydrogens is 227 g/mol. The van der Waals surface area contributed by atoms with Crippen LogP contribution in [0.4, 0.5) is 4.39 Å². The summed E-state index contributed by atoms with van der Waals surface area (Å²) in [7, 11) is 0. The van der Waals surface area contributed by atoms with Gasteiger partial charge in [-0.05, 0) is 49.3 Å². The normalized spacial score (nSPS) is 22.2. The van der Waals surface area contributed by atoms with Crippen molar-refractivity contribution < 1.29 is 9.13 Å². The lowest BCUT2D eigenvalue weighted by molar-refractivity contribution is 0.287. The molecule has 0 amide bonds. The van der Waals surface area contributed by atoms with E-state index in [4.69, 9.17) is 4.74 Å². The quantitative estimate of drug-likeness (QED) is 0.776. The fourth-order valence-electron chi connectivity index (χ4n) is 2.22. The summed E-state index contributed by atoms with van der Waals surface area (Å²) in [6.45, 7) is 0. The molecule has 0 radical (unpaired) electrons. The smallest absolute Gasteiger partial charge is 0.165 e. The Hall–Kier alpha value is -1.57. The molecule has 2 aliphatic carbocycles. The summed E-state index contributed by atoms with van der Waals surface area (Å²) in [5.74, 6) is 0.698. The maximum absolute atomic E-state index is 13.6. The van der Waals surface area contributed by atoms with Crippen LogP contribution in [0.5, 0.6) is 5.75 Å². The van der Waals surface area contributed by atoms with Gasteiger partial charge in [-0.3, -0.25) is 0 Å². The van der Waals surface area contributed by atoms with Crippen LogP contribution in [0.3, 0.4) is 0 Å². The van der Waals surface area contributed by atoms with Gasteiger partial charge in [0, 0.05) is 0 Å². The van der Waals surface area contributed by atoms with E-state index in [1.54, 1.807) is 0 Å². The van der Waals surface area contributed by atoms with Crippen LogP contribution in [-0.4, -0.2) is 6.10 Å². The van der Waals surface area contributed by atoms with Crippen LogP contribution < -0.4 is 4.74 Å². The minimum absolute atomic E-state index is 0.243. The first kappa shape index (κ1) is 11.5. The van der Waals surface area contributed by atoms with Crippen LogP contribution in [0, 0.1) is 11.7 Å². The summed E-state index contributed by atoms with van der Waals surface area (Å²) in [6, 6.07) is 5.25. The van der Waals surface area contributed by atoms with Gasteiger partial charge in [0.15, 0.2) is 11.6 Å². The van der Waals surface area contributed by atoms with Crippen molar-refractivity contribution >= 4 is 0 Å². The molecule has 0 heterocycles. The molecule has 1 aromatic rings. The van der Waals surface area contributed by atoms with Crippen molar-refractivity contribution in [3.63, 3.8) is 0 Å². The second-order valence-electron chi connectivity index (χ2n) is 5.09. The minimum atomic E-state index is -0.246. The van der Waals surface area contributed by atoms with Crippen molar-refractivity contribution in [1.82, 2.24) is 0 Å². The predicted molar refractivity (Wildman–Crippen MR) is 70.1 cm³/mol. The molecule has 0 aliphatic heterocycles. The first-order valence-corrected chi connectivity index (χ1v) is 6.59. The molecule has 1 nitrogen and oxygen atoms in total. The lowest BCUT2D eigenvalue weighted by Crippen LogP contribution is -2.04. The monoisotopic (exact) mass is 244 g/mol. The summed E-state index contributed by atoms with van der Waals surface area (Å²) in [5.41, 5.74) is 1.15. The van der Waals surface area contributed by atoms with E-state index in [0.717, 1.165) is 31.2 Å². The van der Waals surface area contributed by atoms with Crippen LogP contribution in [0.15, 0.2) is 42.5 Å².